The number of ether oxygens (including phenoxy) is 3. The zero-order valence-corrected chi connectivity index (χ0v) is 27.7. The highest BCUT2D eigenvalue weighted by Gasteiger charge is 2.32. The van der Waals surface area contributed by atoms with E-state index in [1.807, 2.05) is 97.1 Å². The predicted octanol–water partition coefficient (Wildman–Crippen LogP) is 5.70. The second kappa shape index (κ2) is 17.8. The first-order valence-electron chi connectivity index (χ1n) is 16.0. The Morgan fingerprint density at radius 3 is 2.31 bits per heavy atom. The molecule has 48 heavy (non-hydrogen) atoms. The van der Waals surface area contributed by atoms with E-state index in [1.54, 1.807) is 11.8 Å². The molecule has 4 atom stereocenters. The number of aliphatic hydroxyl groups excluding tert-OH is 2. The maximum Gasteiger partial charge on any atom is 0.328 e. The number of carbonyl (C=O) groups is 2. The summed E-state index contributed by atoms with van der Waals surface area (Å²) in [6, 6.07) is 31.9. The summed E-state index contributed by atoms with van der Waals surface area (Å²) >= 11 is 1.65. The van der Waals surface area contributed by atoms with Crippen molar-refractivity contribution in [2.24, 2.45) is 0 Å². The van der Waals surface area contributed by atoms with Crippen LogP contribution >= 0.6 is 11.8 Å². The molecule has 4 aromatic carbocycles. The fraction of sp³-hybridized carbons (Fsp3) is 0.316. The van der Waals surface area contributed by atoms with Gasteiger partial charge >= 0.3 is 12.0 Å². The van der Waals surface area contributed by atoms with Gasteiger partial charge in [0.1, 0.15) is 6.04 Å². The minimum atomic E-state index is -0.817. The number of hydrogen-bond donors (Lipinski definition) is 4. The van der Waals surface area contributed by atoms with Gasteiger partial charge in [-0.2, -0.15) is 11.8 Å². The number of thioether (sulfide) groups is 1. The van der Waals surface area contributed by atoms with E-state index in [9.17, 15) is 19.8 Å². The van der Waals surface area contributed by atoms with E-state index >= 15 is 0 Å². The van der Waals surface area contributed by atoms with Crippen LogP contribution in [0.25, 0.3) is 11.1 Å². The highest BCUT2D eigenvalue weighted by atomic mass is 32.2. The van der Waals surface area contributed by atoms with Gasteiger partial charge in [-0.25, -0.2) is 9.59 Å². The Hall–Kier alpha value is -4.19. The molecular formula is C38H42N2O7S. The number of carbonyl (C=O) groups excluding carboxylic acids is 2. The first-order chi connectivity index (χ1) is 23.4. The Morgan fingerprint density at radius 2 is 1.58 bits per heavy atom. The van der Waals surface area contributed by atoms with Crippen LogP contribution in [0.4, 0.5) is 4.79 Å². The van der Waals surface area contributed by atoms with Crippen LogP contribution in [-0.4, -0.2) is 59.6 Å². The largest absolute Gasteiger partial charge is 0.467 e. The van der Waals surface area contributed by atoms with Crippen molar-refractivity contribution in [1.29, 1.82) is 0 Å². The number of hydrogen-bond acceptors (Lipinski definition) is 8. The fourth-order valence-corrected chi connectivity index (χ4v) is 6.38. The van der Waals surface area contributed by atoms with Gasteiger partial charge in [0.2, 0.25) is 0 Å². The maximum absolute atomic E-state index is 12.8. The zero-order chi connectivity index (χ0) is 33.7. The molecule has 0 spiro atoms. The van der Waals surface area contributed by atoms with Gasteiger partial charge in [-0.15, -0.1) is 0 Å². The van der Waals surface area contributed by atoms with Crippen LogP contribution in [0.15, 0.2) is 103 Å². The lowest BCUT2D eigenvalue weighted by Crippen LogP contribution is -2.47. The van der Waals surface area contributed by atoms with Crippen LogP contribution in [0.2, 0.25) is 0 Å². The maximum atomic E-state index is 12.8. The van der Waals surface area contributed by atoms with E-state index in [4.69, 9.17) is 14.2 Å². The second-order valence-electron chi connectivity index (χ2n) is 11.6. The molecule has 252 valence electrons. The van der Waals surface area contributed by atoms with E-state index in [0.29, 0.717) is 18.6 Å². The van der Waals surface area contributed by atoms with Crippen LogP contribution in [-0.2, 0) is 38.6 Å². The van der Waals surface area contributed by atoms with Crippen molar-refractivity contribution < 1.29 is 34.0 Å². The molecule has 10 heteroatoms. The summed E-state index contributed by atoms with van der Waals surface area (Å²) in [7, 11) is 1.30. The molecule has 0 unspecified atom stereocenters. The molecule has 2 amide bonds. The van der Waals surface area contributed by atoms with Gasteiger partial charge in [0.25, 0.3) is 0 Å². The number of urea groups is 1. The van der Waals surface area contributed by atoms with E-state index in [1.165, 1.54) is 7.11 Å². The summed E-state index contributed by atoms with van der Waals surface area (Å²) in [5.41, 5.74) is 6.50. The number of nitrogens with one attached hydrogen (secondary N) is 2. The van der Waals surface area contributed by atoms with Crippen LogP contribution < -0.4 is 10.6 Å². The van der Waals surface area contributed by atoms with Gasteiger partial charge in [0.05, 0.1) is 32.5 Å². The molecule has 0 aliphatic carbocycles. The molecule has 9 nitrogen and oxygen atoms in total. The van der Waals surface area contributed by atoms with Gasteiger partial charge in [0, 0.05) is 36.5 Å². The SMILES string of the molecule is COC(=O)[C@H](Cc1ccccc1)NC(=O)NCc1cccc(-c2cccc([C@@H]3O[C@H](CSCCO)C[C@H](c4ccc(CO)cc4)O3)c2)c1. The number of methoxy groups -OCH3 is 1. The highest BCUT2D eigenvalue weighted by molar-refractivity contribution is 7.99. The van der Waals surface area contributed by atoms with Gasteiger partial charge in [0.15, 0.2) is 6.29 Å². The summed E-state index contributed by atoms with van der Waals surface area (Å²) in [6.45, 7) is 0.365. The van der Waals surface area contributed by atoms with E-state index in [0.717, 1.165) is 44.7 Å². The van der Waals surface area contributed by atoms with Crippen molar-refractivity contribution >= 4 is 23.8 Å². The number of amides is 2. The molecule has 0 radical (unpaired) electrons. The van der Waals surface area contributed by atoms with Gasteiger partial charge in [-0.1, -0.05) is 91.0 Å². The molecule has 4 aromatic rings. The number of rotatable bonds is 14. The average Bonchev–Trinajstić information content (AvgIpc) is 3.14. The molecule has 5 rings (SSSR count). The summed E-state index contributed by atoms with van der Waals surface area (Å²) in [5, 5.41) is 24.4. The summed E-state index contributed by atoms with van der Waals surface area (Å²) < 4.78 is 17.9. The fourth-order valence-electron chi connectivity index (χ4n) is 5.60. The van der Waals surface area contributed by atoms with Crippen molar-refractivity contribution in [3.63, 3.8) is 0 Å². The summed E-state index contributed by atoms with van der Waals surface area (Å²) in [5.74, 6) is 0.868. The van der Waals surface area contributed by atoms with Gasteiger partial charge < -0.3 is 35.1 Å². The van der Waals surface area contributed by atoms with Gasteiger partial charge in [-0.05, 0) is 45.5 Å². The monoisotopic (exact) mass is 670 g/mol. The van der Waals surface area contributed by atoms with Crippen LogP contribution in [0.3, 0.4) is 0 Å². The molecule has 0 bridgehead atoms. The van der Waals surface area contributed by atoms with Crippen molar-refractivity contribution in [2.75, 3.05) is 25.2 Å². The minimum Gasteiger partial charge on any atom is -0.467 e. The third-order valence-electron chi connectivity index (χ3n) is 8.10. The Balaban J connectivity index is 1.26. The molecule has 1 aliphatic rings. The van der Waals surface area contributed by atoms with E-state index < -0.39 is 24.3 Å². The minimum absolute atomic E-state index is 0.0141. The third kappa shape index (κ3) is 9.91. The lowest BCUT2D eigenvalue weighted by atomic mass is 9.99. The molecule has 1 aliphatic heterocycles. The molecule has 1 saturated heterocycles. The second-order valence-corrected chi connectivity index (χ2v) is 12.7. The third-order valence-corrected chi connectivity index (χ3v) is 9.18. The zero-order valence-electron chi connectivity index (χ0n) is 26.9. The molecular weight excluding hydrogens is 628 g/mol. The number of benzene rings is 4. The molecule has 1 heterocycles. The summed E-state index contributed by atoms with van der Waals surface area (Å²) in [4.78, 5) is 25.2. The smallest absolute Gasteiger partial charge is 0.328 e. The number of aliphatic hydroxyl groups is 2. The van der Waals surface area contributed by atoms with Crippen molar-refractivity contribution in [1.82, 2.24) is 10.6 Å². The summed E-state index contributed by atoms with van der Waals surface area (Å²) in [6.07, 6.45) is 0.154. The Labute approximate surface area is 285 Å². The lowest BCUT2D eigenvalue weighted by Gasteiger charge is -2.36. The Bertz CT molecular complexity index is 1620. The first kappa shape index (κ1) is 35.1. The normalized spacial score (nSPS) is 18.1. The Morgan fingerprint density at radius 1 is 0.854 bits per heavy atom. The van der Waals surface area contributed by atoms with E-state index in [2.05, 4.69) is 16.7 Å². The highest BCUT2D eigenvalue weighted by Crippen LogP contribution is 2.39. The standard InChI is InChI=1S/C38H42N2O7S/c1-45-36(43)34(20-26-7-3-2-4-8-26)40-38(44)39-23-28-9-5-10-30(19-28)31-11-6-12-32(21-31)37-46-33(25-48-18-17-41)22-35(47-37)29-15-13-27(24-42)14-16-29/h2-16,19,21,33-35,37,41-42H,17-18,20,22-25H2,1H3,(H2,39,40,44)/t33-,34-,35+,37+/m0/s1. The van der Waals surface area contributed by atoms with Crippen LogP contribution in [0.1, 0.15) is 46.6 Å². The Kier molecular flexibility index (Phi) is 13.0. The van der Waals surface area contributed by atoms with Crippen molar-refractivity contribution in [3.8, 4) is 11.1 Å². The predicted molar refractivity (Wildman–Crippen MR) is 186 cm³/mol. The first-order valence-corrected chi connectivity index (χ1v) is 17.2. The number of esters is 1. The van der Waals surface area contributed by atoms with E-state index in [-0.39, 0.29) is 32.0 Å². The van der Waals surface area contributed by atoms with Crippen LogP contribution in [0.5, 0.6) is 0 Å². The van der Waals surface area contributed by atoms with Crippen molar-refractivity contribution in [2.45, 2.75) is 50.5 Å². The van der Waals surface area contributed by atoms with Gasteiger partial charge in [-0.3, -0.25) is 0 Å². The molecule has 1 fully saturated rings. The van der Waals surface area contributed by atoms with Crippen molar-refractivity contribution in [3.05, 3.63) is 131 Å². The van der Waals surface area contributed by atoms with Crippen LogP contribution in [0, 0.1) is 0 Å². The molecule has 4 N–H and O–H groups in total. The lowest BCUT2D eigenvalue weighted by molar-refractivity contribution is -0.245. The average molecular weight is 671 g/mol. The molecule has 0 saturated carbocycles. The quantitative estimate of drug-likeness (QED) is 0.0995. The topological polar surface area (TPSA) is 126 Å². The molecule has 0 aromatic heterocycles.